The Morgan fingerprint density at radius 2 is 2.06 bits per heavy atom. The maximum absolute atomic E-state index is 11.4. The van der Waals surface area contributed by atoms with Gasteiger partial charge in [-0.1, -0.05) is 18.2 Å². The van der Waals surface area contributed by atoms with Gasteiger partial charge in [-0.3, -0.25) is 4.90 Å². The number of hydrogen-bond acceptors (Lipinski definition) is 5. The van der Waals surface area contributed by atoms with Gasteiger partial charge < -0.3 is 19.1 Å². The Balaban J connectivity index is 1.48. The van der Waals surface area contributed by atoms with Crippen LogP contribution in [-0.2, 0) is 22.5 Å². The third kappa shape index (κ3) is 4.71. The quantitative estimate of drug-likeness (QED) is 0.410. The van der Waals surface area contributed by atoms with Crippen molar-refractivity contribution in [3.63, 3.8) is 0 Å². The van der Waals surface area contributed by atoms with E-state index in [0.717, 1.165) is 42.6 Å². The molecule has 1 atom stereocenters. The summed E-state index contributed by atoms with van der Waals surface area (Å²) in [5.74, 6) is 0.508. The molecule has 0 saturated carbocycles. The Labute approximate surface area is 188 Å². The van der Waals surface area contributed by atoms with E-state index in [2.05, 4.69) is 50.7 Å². The lowest BCUT2D eigenvalue weighted by Crippen LogP contribution is -2.33. The monoisotopic (exact) mass is 434 g/mol. The predicted molar refractivity (Wildman–Crippen MR) is 126 cm³/mol. The molecule has 2 aromatic carbocycles. The molecule has 0 amide bonds. The first-order valence-electron chi connectivity index (χ1n) is 11.0. The number of hydrogen-bond donors (Lipinski definition) is 1. The van der Waals surface area contributed by atoms with Crippen LogP contribution >= 0.6 is 0 Å². The van der Waals surface area contributed by atoms with Crippen LogP contribution in [0.5, 0.6) is 5.75 Å². The summed E-state index contributed by atoms with van der Waals surface area (Å²) in [5.41, 5.74) is 4.81. The molecule has 0 bridgehead atoms. The van der Waals surface area contributed by atoms with Crippen LogP contribution in [0.1, 0.15) is 29.2 Å². The number of carbonyl (C=O) groups excluding carboxylic acids is 1. The molecule has 1 aliphatic rings. The Bertz CT molecular complexity index is 1120. The molecular weight excluding hydrogens is 404 g/mol. The lowest BCUT2D eigenvalue weighted by Gasteiger charge is -2.29. The van der Waals surface area contributed by atoms with E-state index in [1.807, 2.05) is 12.1 Å². The van der Waals surface area contributed by atoms with E-state index in [-0.39, 0.29) is 18.6 Å². The first-order chi connectivity index (χ1) is 15.6. The van der Waals surface area contributed by atoms with E-state index in [9.17, 15) is 9.90 Å². The van der Waals surface area contributed by atoms with Gasteiger partial charge in [0, 0.05) is 48.9 Å². The average Bonchev–Trinajstić information content (AvgIpc) is 3.43. The van der Waals surface area contributed by atoms with E-state index >= 15 is 0 Å². The smallest absolute Gasteiger partial charge is 0.330 e. The molecule has 0 fully saturated rings. The molecule has 3 aromatic rings. The van der Waals surface area contributed by atoms with Gasteiger partial charge >= 0.3 is 5.97 Å². The zero-order chi connectivity index (χ0) is 22.5. The number of carbonyl (C=O) groups is 1. The minimum Gasteiger partial charge on any atom is -0.497 e. The molecule has 0 saturated heterocycles. The summed E-state index contributed by atoms with van der Waals surface area (Å²) in [7, 11) is 3.06. The SMILES string of the molecule is COC(=O)C=Cc1ccc2c(c1)CCC2N(CCO)CCn1ccc2cc(OC)ccc21. The van der Waals surface area contributed by atoms with Crippen LogP contribution in [0, 0.1) is 0 Å². The van der Waals surface area contributed by atoms with E-state index in [1.165, 1.54) is 29.8 Å². The number of rotatable bonds is 9. The van der Waals surface area contributed by atoms with Crippen LogP contribution in [0.25, 0.3) is 17.0 Å². The molecule has 0 radical (unpaired) electrons. The third-order valence-electron chi connectivity index (χ3n) is 6.26. The summed E-state index contributed by atoms with van der Waals surface area (Å²) < 4.78 is 12.3. The van der Waals surface area contributed by atoms with Crippen LogP contribution < -0.4 is 4.74 Å². The normalized spacial score (nSPS) is 15.6. The average molecular weight is 435 g/mol. The molecule has 6 nitrogen and oxygen atoms in total. The minimum absolute atomic E-state index is 0.134. The molecule has 1 unspecified atom stereocenters. The van der Waals surface area contributed by atoms with Crippen molar-refractivity contribution >= 4 is 22.9 Å². The highest BCUT2D eigenvalue weighted by atomic mass is 16.5. The van der Waals surface area contributed by atoms with Crippen molar-refractivity contribution in [1.29, 1.82) is 0 Å². The van der Waals surface area contributed by atoms with Crippen molar-refractivity contribution < 1.29 is 19.4 Å². The van der Waals surface area contributed by atoms with Crippen LogP contribution in [0.4, 0.5) is 0 Å². The minimum atomic E-state index is -0.353. The highest BCUT2D eigenvalue weighted by Gasteiger charge is 2.27. The lowest BCUT2D eigenvalue weighted by molar-refractivity contribution is -0.134. The van der Waals surface area contributed by atoms with Gasteiger partial charge in [0.05, 0.1) is 20.8 Å². The molecule has 0 aliphatic heterocycles. The second-order valence-corrected chi connectivity index (χ2v) is 8.06. The van der Waals surface area contributed by atoms with Gasteiger partial charge in [-0.25, -0.2) is 4.79 Å². The molecule has 6 heteroatoms. The number of fused-ring (bicyclic) bond motifs is 2. The van der Waals surface area contributed by atoms with Gasteiger partial charge in [0.1, 0.15) is 5.75 Å². The van der Waals surface area contributed by atoms with Crippen LogP contribution in [0.2, 0.25) is 0 Å². The highest BCUT2D eigenvalue weighted by molar-refractivity contribution is 5.87. The summed E-state index contributed by atoms with van der Waals surface area (Å²) in [5, 5.41) is 10.9. The maximum Gasteiger partial charge on any atom is 0.330 e. The third-order valence-corrected chi connectivity index (χ3v) is 6.26. The maximum atomic E-state index is 11.4. The second-order valence-electron chi connectivity index (χ2n) is 8.06. The fourth-order valence-electron chi connectivity index (χ4n) is 4.62. The van der Waals surface area contributed by atoms with Gasteiger partial charge in [-0.15, -0.1) is 0 Å². The Hall–Kier alpha value is -3.09. The standard InChI is InChI=1S/C26H30N2O4/c1-31-22-6-9-24-21(18-22)11-12-27(24)13-14-28(15-16-29)25-8-5-20-17-19(3-7-23(20)25)4-10-26(30)32-2/h3-4,6-7,9-12,17-18,25,29H,5,8,13-16H2,1-2H3. The molecule has 0 spiro atoms. The molecule has 1 aliphatic carbocycles. The Morgan fingerprint density at radius 1 is 1.19 bits per heavy atom. The number of ether oxygens (including phenoxy) is 2. The molecule has 4 rings (SSSR count). The summed E-state index contributed by atoms with van der Waals surface area (Å²) in [6.45, 7) is 2.47. The predicted octanol–water partition coefficient (Wildman–Crippen LogP) is 3.82. The van der Waals surface area contributed by atoms with E-state index in [0.29, 0.717) is 6.54 Å². The van der Waals surface area contributed by atoms with Gasteiger partial charge in [-0.2, -0.15) is 0 Å². The molecule has 1 heterocycles. The summed E-state index contributed by atoms with van der Waals surface area (Å²) in [4.78, 5) is 13.7. The first-order valence-corrected chi connectivity index (χ1v) is 11.0. The lowest BCUT2D eigenvalue weighted by atomic mass is 10.0. The van der Waals surface area contributed by atoms with Crippen LogP contribution in [0.15, 0.2) is 54.7 Å². The van der Waals surface area contributed by atoms with Gasteiger partial charge in [0.2, 0.25) is 0 Å². The number of benzene rings is 2. The summed E-state index contributed by atoms with van der Waals surface area (Å²) >= 11 is 0. The molecule has 1 N–H and O–H groups in total. The zero-order valence-electron chi connectivity index (χ0n) is 18.7. The van der Waals surface area contributed by atoms with E-state index < -0.39 is 0 Å². The van der Waals surface area contributed by atoms with E-state index in [1.54, 1.807) is 13.2 Å². The number of aromatic nitrogens is 1. The first kappa shape index (κ1) is 22.1. The molecule has 32 heavy (non-hydrogen) atoms. The summed E-state index contributed by atoms with van der Waals surface area (Å²) in [6, 6.07) is 14.9. The molecule has 1 aromatic heterocycles. The van der Waals surface area contributed by atoms with Crippen molar-refractivity contribution in [2.45, 2.75) is 25.4 Å². The molecular formula is C26H30N2O4. The highest BCUT2D eigenvalue weighted by Crippen LogP contribution is 2.36. The number of aliphatic hydroxyl groups excluding tert-OH is 1. The van der Waals surface area contributed by atoms with Gasteiger partial charge in [0.25, 0.3) is 0 Å². The van der Waals surface area contributed by atoms with Crippen molar-refractivity contribution in [3.8, 4) is 5.75 Å². The number of aryl methyl sites for hydroxylation is 1. The van der Waals surface area contributed by atoms with Crippen LogP contribution in [0.3, 0.4) is 0 Å². The zero-order valence-corrected chi connectivity index (χ0v) is 18.7. The molecule has 168 valence electrons. The van der Waals surface area contributed by atoms with Crippen molar-refractivity contribution in [3.05, 3.63) is 71.4 Å². The fraction of sp³-hybridized carbons (Fsp3) is 0.346. The van der Waals surface area contributed by atoms with Crippen molar-refractivity contribution in [2.24, 2.45) is 0 Å². The number of methoxy groups -OCH3 is 2. The van der Waals surface area contributed by atoms with E-state index in [4.69, 9.17) is 4.74 Å². The fourth-order valence-corrected chi connectivity index (χ4v) is 4.62. The van der Waals surface area contributed by atoms with Crippen molar-refractivity contribution in [1.82, 2.24) is 9.47 Å². The van der Waals surface area contributed by atoms with Crippen molar-refractivity contribution in [2.75, 3.05) is 33.9 Å². The number of esters is 1. The Morgan fingerprint density at radius 3 is 2.84 bits per heavy atom. The topological polar surface area (TPSA) is 63.9 Å². The Kier molecular flexibility index (Phi) is 6.93. The van der Waals surface area contributed by atoms with Crippen LogP contribution in [-0.4, -0.2) is 54.5 Å². The number of aliphatic hydroxyl groups is 1. The van der Waals surface area contributed by atoms with Gasteiger partial charge in [0.15, 0.2) is 0 Å². The van der Waals surface area contributed by atoms with Gasteiger partial charge in [-0.05, 0) is 59.9 Å². The largest absolute Gasteiger partial charge is 0.497 e. The number of nitrogens with zero attached hydrogens (tertiary/aromatic N) is 2. The summed E-state index contributed by atoms with van der Waals surface area (Å²) in [6.07, 6.45) is 7.38. The second kappa shape index (κ2) is 10.0.